The van der Waals surface area contributed by atoms with Crippen molar-refractivity contribution in [3.05, 3.63) is 59.2 Å². The highest BCUT2D eigenvalue weighted by atomic mass is 32.2. The van der Waals surface area contributed by atoms with Crippen molar-refractivity contribution in [2.24, 2.45) is 0 Å². The first kappa shape index (κ1) is 18.6. The third-order valence-corrected chi connectivity index (χ3v) is 6.08. The molecule has 138 valence electrons. The highest BCUT2D eigenvalue weighted by molar-refractivity contribution is 7.89. The number of aryl methyl sites for hydroxylation is 2. The molecule has 2 aromatic rings. The van der Waals surface area contributed by atoms with Gasteiger partial charge in [-0.15, -0.1) is 0 Å². The van der Waals surface area contributed by atoms with Crippen LogP contribution in [0.25, 0.3) is 0 Å². The molecule has 0 aliphatic carbocycles. The summed E-state index contributed by atoms with van der Waals surface area (Å²) in [5.41, 5.74) is 3.08. The van der Waals surface area contributed by atoms with E-state index in [4.69, 9.17) is 4.74 Å². The Bertz CT molecular complexity index is 899. The van der Waals surface area contributed by atoms with Crippen LogP contribution in [0.3, 0.4) is 0 Å². The highest BCUT2D eigenvalue weighted by Gasteiger charge is 2.26. The molecular weight excluding hydrogens is 352 g/mol. The Hall–Kier alpha value is -2.22. The van der Waals surface area contributed by atoms with E-state index in [2.05, 4.69) is 5.32 Å². The van der Waals surface area contributed by atoms with E-state index in [1.165, 1.54) is 16.4 Å². The van der Waals surface area contributed by atoms with Crippen LogP contribution in [-0.4, -0.2) is 44.9 Å². The number of anilines is 1. The van der Waals surface area contributed by atoms with E-state index < -0.39 is 10.0 Å². The molecule has 1 amide bonds. The Morgan fingerprint density at radius 2 is 1.69 bits per heavy atom. The summed E-state index contributed by atoms with van der Waals surface area (Å²) in [4.78, 5) is 12.7. The molecule has 0 bridgehead atoms. The van der Waals surface area contributed by atoms with Crippen LogP contribution in [-0.2, 0) is 14.8 Å². The van der Waals surface area contributed by atoms with Gasteiger partial charge in [-0.1, -0.05) is 12.1 Å². The first-order valence-corrected chi connectivity index (χ1v) is 9.88. The number of amides is 1. The normalized spacial score (nSPS) is 15.6. The Morgan fingerprint density at radius 1 is 1.04 bits per heavy atom. The lowest BCUT2D eigenvalue weighted by Gasteiger charge is -2.26. The van der Waals surface area contributed by atoms with Crippen molar-refractivity contribution >= 4 is 21.6 Å². The number of morpholine rings is 1. The summed E-state index contributed by atoms with van der Waals surface area (Å²) < 4.78 is 32.1. The molecule has 1 aliphatic rings. The van der Waals surface area contributed by atoms with E-state index in [-0.39, 0.29) is 10.8 Å². The minimum atomic E-state index is -3.63. The van der Waals surface area contributed by atoms with Gasteiger partial charge in [-0.05, 0) is 55.3 Å². The number of ether oxygens (including phenoxy) is 1. The van der Waals surface area contributed by atoms with E-state index in [1.54, 1.807) is 12.1 Å². The Labute approximate surface area is 153 Å². The molecule has 1 heterocycles. The number of hydrogen-bond acceptors (Lipinski definition) is 4. The van der Waals surface area contributed by atoms with Crippen LogP contribution in [0.2, 0.25) is 0 Å². The lowest BCUT2D eigenvalue weighted by atomic mass is 10.1. The fraction of sp³-hybridized carbons (Fsp3) is 0.316. The van der Waals surface area contributed by atoms with Crippen molar-refractivity contribution in [3.8, 4) is 0 Å². The highest BCUT2D eigenvalue weighted by Crippen LogP contribution is 2.20. The number of carbonyl (C=O) groups is 1. The fourth-order valence-corrected chi connectivity index (χ4v) is 4.44. The minimum absolute atomic E-state index is 0.118. The smallest absolute Gasteiger partial charge is 0.255 e. The van der Waals surface area contributed by atoms with Crippen LogP contribution in [0, 0.1) is 13.8 Å². The van der Waals surface area contributed by atoms with Gasteiger partial charge in [-0.2, -0.15) is 4.31 Å². The Balaban J connectivity index is 1.83. The van der Waals surface area contributed by atoms with Gasteiger partial charge in [-0.3, -0.25) is 4.79 Å². The molecule has 0 spiro atoms. The van der Waals surface area contributed by atoms with Gasteiger partial charge >= 0.3 is 0 Å². The molecule has 26 heavy (non-hydrogen) atoms. The summed E-state index contributed by atoms with van der Waals surface area (Å²) in [5.74, 6) is -0.339. The summed E-state index contributed by atoms with van der Waals surface area (Å²) in [6, 6.07) is 11.9. The van der Waals surface area contributed by atoms with Crippen LogP contribution in [0.4, 0.5) is 5.69 Å². The molecule has 1 aliphatic heterocycles. The van der Waals surface area contributed by atoms with Crippen LogP contribution >= 0.6 is 0 Å². The second-order valence-corrected chi connectivity index (χ2v) is 8.31. The first-order valence-electron chi connectivity index (χ1n) is 8.44. The van der Waals surface area contributed by atoms with Crippen molar-refractivity contribution < 1.29 is 17.9 Å². The van der Waals surface area contributed by atoms with E-state index in [1.807, 2.05) is 32.0 Å². The third kappa shape index (κ3) is 4.12. The van der Waals surface area contributed by atoms with Crippen molar-refractivity contribution in [2.45, 2.75) is 18.7 Å². The number of nitrogens with one attached hydrogen (secondary N) is 1. The van der Waals surface area contributed by atoms with Crippen molar-refractivity contribution in [2.75, 3.05) is 31.6 Å². The summed E-state index contributed by atoms with van der Waals surface area (Å²) in [7, 11) is -3.63. The quantitative estimate of drug-likeness (QED) is 0.892. The molecule has 0 saturated carbocycles. The fourth-order valence-electron chi connectivity index (χ4n) is 2.98. The molecule has 0 radical (unpaired) electrons. The van der Waals surface area contributed by atoms with Gasteiger partial charge in [0.25, 0.3) is 5.91 Å². The van der Waals surface area contributed by atoms with Crippen molar-refractivity contribution in [1.82, 2.24) is 4.31 Å². The number of benzene rings is 2. The number of nitrogens with zero attached hydrogens (tertiary/aromatic N) is 1. The molecule has 1 N–H and O–H groups in total. The lowest BCUT2D eigenvalue weighted by molar-refractivity contribution is 0.0730. The van der Waals surface area contributed by atoms with Gasteiger partial charge in [0.05, 0.1) is 18.1 Å². The van der Waals surface area contributed by atoms with Gasteiger partial charge in [0.15, 0.2) is 0 Å². The molecule has 0 unspecified atom stereocenters. The maximum atomic E-state index is 12.7. The minimum Gasteiger partial charge on any atom is -0.379 e. The topological polar surface area (TPSA) is 75.7 Å². The van der Waals surface area contributed by atoms with E-state index in [9.17, 15) is 13.2 Å². The SMILES string of the molecule is Cc1cc(C)cc(NC(=O)c2cccc(S(=O)(=O)N3CCOCC3)c2)c1. The zero-order chi connectivity index (χ0) is 18.7. The zero-order valence-corrected chi connectivity index (χ0v) is 15.7. The van der Waals surface area contributed by atoms with Crippen LogP contribution in [0.1, 0.15) is 21.5 Å². The molecule has 7 heteroatoms. The van der Waals surface area contributed by atoms with Crippen LogP contribution in [0.15, 0.2) is 47.4 Å². The molecule has 6 nitrogen and oxygen atoms in total. The molecule has 0 atom stereocenters. The van der Waals surface area contributed by atoms with E-state index >= 15 is 0 Å². The molecular formula is C19H22N2O4S. The zero-order valence-electron chi connectivity index (χ0n) is 14.9. The molecule has 3 rings (SSSR count). The van der Waals surface area contributed by atoms with E-state index in [0.717, 1.165) is 11.1 Å². The largest absolute Gasteiger partial charge is 0.379 e. The molecule has 0 aromatic heterocycles. The summed E-state index contributed by atoms with van der Waals surface area (Å²) >= 11 is 0. The van der Waals surface area contributed by atoms with E-state index in [0.29, 0.717) is 37.6 Å². The Morgan fingerprint density at radius 3 is 2.35 bits per heavy atom. The summed E-state index contributed by atoms with van der Waals surface area (Å²) in [6.45, 7) is 5.32. The van der Waals surface area contributed by atoms with Crippen LogP contribution < -0.4 is 5.32 Å². The van der Waals surface area contributed by atoms with Gasteiger partial charge < -0.3 is 10.1 Å². The number of carbonyl (C=O) groups excluding carboxylic acids is 1. The van der Waals surface area contributed by atoms with Gasteiger partial charge in [0.2, 0.25) is 10.0 Å². The predicted octanol–water partition coefficient (Wildman–Crippen LogP) is 2.58. The predicted molar refractivity (Wildman–Crippen MR) is 99.9 cm³/mol. The molecule has 2 aromatic carbocycles. The number of hydrogen-bond donors (Lipinski definition) is 1. The third-order valence-electron chi connectivity index (χ3n) is 4.18. The van der Waals surface area contributed by atoms with Crippen molar-refractivity contribution in [1.29, 1.82) is 0 Å². The average molecular weight is 374 g/mol. The summed E-state index contributed by atoms with van der Waals surface area (Å²) in [5, 5.41) is 2.83. The Kier molecular flexibility index (Phi) is 5.41. The molecule has 1 saturated heterocycles. The molecule has 1 fully saturated rings. The lowest BCUT2D eigenvalue weighted by Crippen LogP contribution is -2.40. The second kappa shape index (κ2) is 7.57. The first-order chi connectivity index (χ1) is 12.4. The monoisotopic (exact) mass is 374 g/mol. The van der Waals surface area contributed by atoms with Crippen molar-refractivity contribution in [3.63, 3.8) is 0 Å². The second-order valence-electron chi connectivity index (χ2n) is 6.37. The number of sulfonamides is 1. The maximum Gasteiger partial charge on any atom is 0.255 e. The number of rotatable bonds is 4. The maximum absolute atomic E-state index is 12.7. The van der Waals surface area contributed by atoms with Gasteiger partial charge in [-0.25, -0.2) is 8.42 Å². The van der Waals surface area contributed by atoms with Gasteiger partial charge in [0, 0.05) is 24.3 Å². The summed E-state index contributed by atoms with van der Waals surface area (Å²) in [6.07, 6.45) is 0. The van der Waals surface area contributed by atoms with Gasteiger partial charge in [0.1, 0.15) is 0 Å². The van der Waals surface area contributed by atoms with Crippen LogP contribution in [0.5, 0.6) is 0 Å². The standard InChI is InChI=1S/C19H22N2O4S/c1-14-10-15(2)12-17(11-14)20-19(22)16-4-3-5-18(13-16)26(23,24)21-6-8-25-9-7-21/h3-5,10-13H,6-9H2,1-2H3,(H,20,22). The average Bonchev–Trinajstić information content (AvgIpc) is 2.61.